The second-order valence-electron chi connectivity index (χ2n) is 6.76. The van der Waals surface area contributed by atoms with Crippen LogP contribution in [0.4, 0.5) is 5.69 Å². The van der Waals surface area contributed by atoms with Gasteiger partial charge in [0.05, 0.1) is 26.6 Å². The van der Waals surface area contributed by atoms with Gasteiger partial charge in [0.25, 0.3) is 5.69 Å². The Hall–Kier alpha value is -2.80. The maximum Gasteiger partial charge on any atom is 0.273 e. The molecule has 2 heterocycles. The van der Waals surface area contributed by atoms with E-state index in [4.69, 9.17) is 4.98 Å². The van der Waals surface area contributed by atoms with Crippen molar-refractivity contribution in [1.29, 1.82) is 0 Å². The van der Waals surface area contributed by atoms with E-state index in [1.807, 2.05) is 23.1 Å². The Labute approximate surface area is 160 Å². The molecular formula is C20H19N3O3S. The molecule has 27 heavy (non-hydrogen) atoms. The van der Waals surface area contributed by atoms with Gasteiger partial charge in [0.2, 0.25) is 5.91 Å². The zero-order chi connectivity index (χ0) is 18.8. The standard InChI is InChI=1S/C20H19N3O3S/c24-19(12-14-6-1-3-9-17(14)23(25)26)22-11-5-7-15(13-22)20-21-16-8-2-4-10-18(16)27-20/h1-4,6,8-10,15H,5,7,11-13H2/t15-/m1/s1. The summed E-state index contributed by atoms with van der Waals surface area (Å²) in [4.78, 5) is 30.1. The number of hydrogen-bond donors (Lipinski definition) is 0. The summed E-state index contributed by atoms with van der Waals surface area (Å²) in [6.45, 7) is 1.32. The minimum Gasteiger partial charge on any atom is -0.342 e. The second kappa shape index (κ2) is 7.44. The van der Waals surface area contributed by atoms with Crippen LogP contribution >= 0.6 is 11.3 Å². The Morgan fingerprint density at radius 3 is 2.81 bits per heavy atom. The predicted octanol–water partition coefficient (Wildman–Crippen LogP) is 4.15. The van der Waals surface area contributed by atoms with Crippen molar-refractivity contribution in [1.82, 2.24) is 9.88 Å². The smallest absolute Gasteiger partial charge is 0.273 e. The number of para-hydroxylation sites is 2. The van der Waals surface area contributed by atoms with Crippen LogP contribution in [0, 0.1) is 10.1 Å². The van der Waals surface area contributed by atoms with E-state index in [0.717, 1.165) is 28.1 Å². The van der Waals surface area contributed by atoms with Crippen LogP contribution in [0.15, 0.2) is 48.5 Å². The number of rotatable bonds is 4. The normalized spacial score (nSPS) is 17.2. The number of nitro benzene ring substituents is 1. The third-order valence-corrected chi connectivity index (χ3v) is 6.16. The molecule has 0 spiro atoms. The van der Waals surface area contributed by atoms with Crippen molar-refractivity contribution in [2.24, 2.45) is 0 Å². The Morgan fingerprint density at radius 1 is 1.22 bits per heavy atom. The molecule has 0 radical (unpaired) electrons. The SMILES string of the molecule is O=C(Cc1ccccc1[N+](=O)[O-])N1CCC[C@@H](c2nc3ccccc3s2)C1. The fourth-order valence-corrected chi connectivity index (χ4v) is 4.68. The second-order valence-corrected chi connectivity index (χ2v) is 7.82. The molecule has 0 aliphatic carbocycles. The topological polar surface area (TPSA) is 76.3 Å². The molecule has 0 bridgehead atoms. The summed E-state index contributed by atoms with van der Waals surface area (Å²) in [5.74, 6) is 0.168. The van der Waals surface area contributed by atoms with Gasteiger partial charge in [0.1, 0.15) is 0 Å². The van der Waals surface area contributed by atoms with E-state index in [9.17, 15) is 14.9 Å². The van der Waals surface area contributed by atoms with Crippen molar-refractivity contribution in [3.63, 3.8) is 0 Å². The molecule has 6 nitrogen and oxygen atoms in total. The van der Waals surface area contributed by atoms with E-state index in [2.05, 4.69) is 6.07 Å². The van der Waals surface area contributed by atoms with Crippen LogP contribution in [-0.4, -0.2) is 33.8 Å². The number of nitro groups is 1. The number of nitrogens with zero attached hydrogens (tertiary/aromatic N) is 3. The molecule has 138 valence electrons. The monoisotopic (exact) mass is 381 g/mol. The minimum atomic E-state index is -0.428. The van der Waals surface area contributed by atoms with Crippen LogP contribution in [0.1, 0.15) is 29.3 Å². The molecular weight excluding hydrogens is 362 g/mol. The van der Waals surface area contributed by atoms with Gasteiger partial charge in [-0.1, -0.05) is 30.3 Å². The molecule has 7 heteroatoms. The lowest BCUT2D eigenvalue weighted by Gasteiger charge is -2.32. The average Bonchev–Trinajstić information content (AvgIpc) is 3.12. The molecule has 3 aromatic rings. The van der Waals surface area contributed by atoms with Crippen LogP contribution in [0.2, 0.25) is 0 Å². The molecule has 1 aromatic heterocycles. The molecule has 1 aliphatic rings. The Bertz CT molecular complexity index is 968. The van der Waals surface area contributed by atoms with Crippen LogP contribution in [0.5, 0.6) is 0 Å². The highest BCUT2D eigenvalue weighted by Crippen LogP contribution is 2.33. The summed E-state index contributed by atoms with van der Waals surface area (Å²) in [6, 6.07) is 14.5. The zero-order valence-electron chi connectivity index (χ0n) is 14.7. The largest absolute Gasteiger partial charge is 0.342 e. The Balaban J connectivity index is 1.49. The third kappa shape index (κ3) is 3.68. The van der Waals surface area contributed by atoms with E-state index >= 15 is 0 Å². The lowest BCUT2D eigenvalue weighted by Crippen LogP contribution is -2.40. The minimum absolute atomic E-state index is 0.00517. The van der Waals surface area contributed by atoms with Crippen molar-refractivity contribution >= 4 is 33.1 Å². The summed E-state index contributed by atoms with van der Waals surface area (Å²) in [6.07, 6.45) is 1.99. The highest BCUT2D eigenvalue weighted by Gasteiger charge is 2.28. The van der Waals surface area contributed by atoms with E-state index < -0.39 is 4.92 Å². The molecule has 1 atom stereocenters. The maximum atomic E-state index is 12.8. The van der Waals surface area contributed by atoms with Crippen molar-refractivity contribution in [3.05, 3.63) is 69.2 Å². The maximum absolute atomic E-state index is 12.8. The summed E-state index contributed by atoms with van der Waals surface area (Å²) in [5.41, 5.74) is 1.47. The first-order chi connectivity index (χ1) is 13.1. The number of carbonyl (C=O) groups is 1. The van der Waals surface area contributed by atoms with Gasteiger partial charge in [0, 0.05) is 30.6 Å². The first-order valence-electron chi connectivity index (χ1n) is 8.97. The molecule has 0 N–H and O–H groups in total. The van der Waals surface area contributed by atoms with Gasteiger partial charge in [-0.25, -0.2) is 4.98 Å². The number of piperidine rings is 1. The number of likely N-dealkylation sites (tertiary alicyclic amines) is 1. The number of fused-ring (bicyclic) bond motifs is 1. The van der Waals surface area contributed by atoms with Crippen LogP contribution < -0.4 is 0 Å². The molecule has 1 aliphatic heterocycles. The Morgan fingerprint density at radius 2 is 2.00 bits per heavy atom. The fourth-order valence-electron chi connectivity index (χ4n) is 3.58. The van der Waals surface area contributed by atoms with Crippen LogP contribution in [-0.2, 0) is 11.2 Å². The first kappa shape index (κ1) is 17.6. The van der Waals surface area contributed by atoms with Crippen molar-refractivity contribution in [3.8, 4) is 0 Å². The summed E-state index contributed by atoms with van der Waals surface area (Å²) in [5, 5.41) is 12.2. The highest BCUT2D eigenvalue weighted by molar-refractivity contribution is 7.18. The van der Waals surface area contributed by atoms with Crippen molar-refractivity contribution in [2.45, 2.75) is 25.2 Å². The van der Waals surface area contributed by atoms with Gasteiger partial charge >= 0.3 is 0 Å². The van der Waals surface area contributed by atoms with E-state index in [0.29, 0.717) is 18.7 Å². The van der Waals surface area contributed by atoms with Crippen molar-refractivity contribution < 1.29 is 9.72 Å². The fraction of sp³-hybridized carbons (Fsp3) is 0.300. The molecule has 1 amide bonds. The van der Waals surface area contributed by atoms with Gasteiger partial charge in [-0.2, -0.15) is 0 Å². The lowest BCUT2D eigenvalue weighted by atomic mass is 9.98. The van der Waals surface area contributed by atoms with Gasteiger partial charge in [-0.3, -0.25) is 14.9 Å². The first-order valence-corrected chi connectivity index (χ1v) is 9.79. The predicted molar refractivity (Wildman–Crippen MR) is 105 cm³/mol. The molecule has 1 saturated heterocycles. The lowest BCUT2D eigenvalue weighted by molar-refractivity contribution is -0.385. The summed E-state index contributed by atoms with van der Waals surface area (Å²) < 4.78 is 1.16. The van der Waals surface area contributed by atoms with Crippen LogP contribution in [0.25, 0.3) is 10.2 Å². The third-order valence-electron chi connectivity index (χ3n) is 4.96. The van der Waals surface area contributed by atoms with E-state index in [1.54, 1.807) is 29.5 Å². The molecule has 1 fully saturated rings. The number of thiazole rings is 1. The number of amides is 1. The van der Waals surface area contributed by atoms with Gasteiger partial charge in [0.15, 0.2) is 0 Å². The van der Waals surface area contributed by atoms with Gasteiger partial charge in [-0.15, -0.1) is 11.3 Å². The quantitative estimate of drug-likeness (QED) is 0.502. The molecule has 0 saturated carbocycles. The number of carbonyl (C=O) groups excluding carboxylic acids is 1. The van der Waals surface area contributed by atoms with Crippen LogP contribution in [0.3, 0.4) is 0 Å². The van der Waals surface area contributed by atoms with Crippen molar-refractivity contribution in [2.75, 3.05) is 13.1 Å². The van der Waals surface area contributed by atoms with Gasteiger partial charge in [-0.05, 0) is 25.0 Å². The number of hydrogen-bond acceptors (Lipinski definition) is 5. The highest BCUT2D eigenvalue weighted by atomic mass is 32.1. The average molecular weight is 381 g/mol. The summed E-state index contributed by atoms with van der Waals surface area (Å²) in [7, 11) is 0. The Kier molecular flexibility index (Phi) is 4.85. The van der Waals surface area contributed by atoms with Gasteiger partial charge < -0.3 is 4.90 Å². The molecule has 2 aromatic carbocycles. The summed E-state index contributed by atoms with van der Waals surface area (Å²) >= 11 is 1.69. The van der Waals surface area contributed by atoms with E-state index in [1.165, 1.54) is 6.07 Å². The molecule has 4 rings (SSSR count). The molecule has 0 unspecified atom stereocenters. The number of benzene rings is 2. The number of aromatic nitrogens is 1. The van der Waals surface area contributed by atoms with E-state index in [-0.39, 0.29) is 23.9 Å². The zero-order valence-corrected chi connectivity index (χ0v) is 15.5.